The normalized spacial score (nSPS) is 17.9. The summed E-state index contributed by atoms with van der Waals surface area (Å²) in [5.74, 6) is 0.915. The van der Waals surface area contributed by atoms with Gasteiger partial charge in [-0.2, -0.15) is 0 Å². The highest BCUT2D eigenvalue weighted by atomic mass is 32.1. The number of rotatable bonds is 8. The Bertz CT molecular complexity index is 518. The molecule has 1 aromatic rings. The topological polar surface area (TPSA) is 42.9 Å². The lowest BCUT2D eigenvalue weighted by atomic mass is 10.1. The Morgan fingerprint density at radius 3 is 2.60 bits per heavy atom. The van der Waals surface area contributed by atoms with Crippen LogP contribution in [0.3, 0.4) is 0 Å². The van der Waals surface area contributed by atoms with Crippen molar-refractivity contribution in [2.24, 2.45) is 4.99 Å². The summed E-state index contributed by atoms with van der Waals surface area (Å²) >= 11 is 1.86. The van der Waals surface area contributed by atoms with Gasteiger partial charge in [0.1, 0.15) is 0 Å². The summed E-state index contributed by atoms with van der Waals surface area (Å²) < 4.78 is 0. The summed E-state index contributed by atoms with van der Waals surface area (Å²) in [6.45, 7) is 11.5. The summed E-state index contributed by atoms with van der Waals surface area (Å²) in [5, 5.41) is 9.15. The molecule has 0 amide bonds. The largest absolute Gasteiger partial charge is 0.357 e. The minimum Gasteiger partial charge on any atom is -0.357 e. The monoisotopic (exact) mass is 365 g/mol. The number of nitrogens with zero attached hydrogens (tertiary/aromatic N) is 3. The molecule has 0 radical (unpaired) electrons. The SMILES string of the molecule is CCNC(=NCC(C)(C)N(C)C)NCC(c1cccs1)N1CCCC1. The zero-order chi connectivity index (χ0) is 18.3. The fourth-order valence-corrected chi connectivity index (χ4v) is 3.75. The van der Waals surface area contributed by atoms with E-state index in [1.807, 2.05) is 11.3 Å². The van der Waals surface area contributed by atoms with Crippen LogP contribution in [-0.2, 0) is 0 Å². The third kappa shape index (κ3) is 5.97. The first kappa shape index (κ1) is 20.2. The van der Waals surface area contributed by atoms with E-state index in [1.165, 1.54) is 30.8 Å². The molecule has 1 unspecified atom stereocenters. The summed E-state index contributed by atoms with van der Waals surface area (Å²) in [7, 11) is 4.21. The fourth-order valence-electron chi connectivity index (χ4n) is 2.89. The maximum Gasteiger partial charge on any atom is 0.191 e. The molecule has 2 N–H and O–H groups in total. The van der Waals surface area contributed by atoms with Gasteiger partial charge in [-0.1, -0.05) is 6.07 Å². The highest BCUT2D eigenvalue weighted by molar-refractivity contribution is 7.10. The summed E-state index contributed by atoms with van der Waals surface area (Å²) in [5.41, 5.74) is 0.0461. The lowest BCUT2D eigenvalue weighted by Gasteiger charge is -2.31. The highest BCUT2D eigenvalue weighted by Crippen LogP contribution is 2.27. The Balaban J connectivity index is 2.01. The van der Waals surface area contributed by atoms with Crippen molar-refractivity contribution in [1.82, 2.24) is 20.4 Å². The minimum absolute atomic E-state index is 0.0461. The molecule has 0 aliphatic carbocycles. The second-order valence-electron chi connectivity index (χ2n) is 7.56. The number of hydrogen-bond acceptors (Lipinski definition) is 4. The maximum atomic E-state index is 4.82. The molecule has 1 saturated heterocycles. The second-order valence-corrected chi connectivity index (χ2v) is 8.54. The van der Waals surface area contributed by atoms with Gasteiger partial charge in [-0.05, 0) is 72.2 Å². The first-order valence-electron chi connectivity index (χ1n) is 9.41. The van der Waals surface area contributed by atoms with Crippen LogP contribution in [0.15, 0.2) is 22.5 Å². The molecule has 0 saturated carbocycles. The van der Waals surface area contributed by atoms with E-state index in [2.05, 4.69) is 72.8 Å². The first-order chi connectivity index (χ1) is 11.9. The van der Waals surface area contributed by atoms with Crippen molar-refractivity contribution in [3.05, 3.63) is 22.4 Å². The molecule has 1 aliphatic rings. The lowest BCUT2D eigenvalue weighted by molar-refractivity contribution is 0.204. The predicted octanol–water partition coefficient (Wildman–Crippen LogP) is 2.78. The third-order valence-electron chi connectivity index (χ3n) is 5.09. The molecule has 1 fully saturated rings. The lowest BCUT2D eigenvalue weighted by Crippen LogP contribution is -2.45. The van der Waals surface area contributed by atoms with E-state index in [-0.39, 0.29) is 5.54 Å². The quantitative estimate of drug-likeness (QED) is 0.549. The van der Waals surface area contributed by atoms with Crippen LogP contribution >= 0.6 is 11.3 Å². The molecule has 5 nitrogen and oxygen atoms in total. The van der Waals surface area contributed by atoms with Crippen molar-refractivity contribution >= 4 is 17.3 Å². The Morgan fingerprint density at radius 2 is 2.04 bits per heavy atom. The first-order valence-corrected chi connectivity index (χ1v) is 10.3. The second kappa shape index (κ2) is 9.55. The van der Waals surface area contributed by atoms with Gasteiger partial charge in [-0.25, -0.2) is 0 Å². The zero-order valence-electron chi connectivity index (χ0n) is 16.5. The van der Waals surface area contributed by atoms with Crippen LogP contribution in [0.5, 0.6) is 0 Å². The molecule has 25 heavy (non-hydrogen) atoms. The molecule has 1 aliphatic heterocycles. The average Bonchev–Trinajstić information content (AvgIpc) is 3.26. The van der Waals surface area contributed by atoms with E-state index < -0.39 is 0 Å². The van der Waals surface area contributed by atoms with Crippen LogP contribution < -0.4 is 10.6 Å². The maximum absolute atomic E-state index is 4.82. The molecule has 142 valence electrons. The Morgan fingerprint density at radius 1 is 1.32 bits per heavy atom. The number of guanidine groups is 1. The molecular weight excluding hydrogens is 330 g/mol. The number of likely N-dealkylation sites (N-methyl/N-ethyl adjacent to an activating group) is 1. The highest BCUT2D eigenvalue weighted by Gasteiger charge is 2.25. The van der Waals surface area contributed by atoms with Gasteiger partial charge in [0, 0.05) is 23.5 Å². The van der Waals surface area contributed by atoms with Gasteiger partial charge in [0.15, 0.2) is 5.96 Å². The van der Waals surface area contributed by atoms with Gasteiger partial charge in [0.05, 0.1) is 12.6 Å². The van der Waals surface area contributed by atoms with Gasteiger partial charge in [-0.15, -0.1) is 11.3 Å². The number of likely N-dealkylation sites (tertiary alicyclic amines) is 1. The van der Waals surface area contributed by atoms with Crippen LogP contribution in [0.25, 0.3) is 0 Å². The molecule has 1 atom stereocenters. The molecule has 1 aromatic heterocycles. The molecule has 0 spiro atoms. The van der Waals surface area contributed by atoms with Gasteiger partial charge in [-0.3, -0.25) is 9.89 Å². The zero-order valence-corrected chi connectivity index (χ0v) is 17.3. The van der Waals surface area contributed by atoms with E-state index >= 15 is 0 Å². The summed E-state index contributed by atoms with van der Waals surface area (Å²) in [6, 6.07) is 4.85. The van der Waals surface area contributed by atoms with Crippen molar-refractivity contribution in [1.29, 1.82) is 0 Å². The molecule has 2 heterocycles. The summed E-state index contributed by atoms with van der Waals surface area (Å²) in [6.07, 6.45) is 2.63. The third-order valence-corrected chi connectivity index (χ3v) is 6.07. The van der Waals surface area contributed by atoms with E-state index in [4.69, 9.17) is 4.99 Å². The number of nitrogens with one attached hydrogen (secondary N) is 2. The van der Waals surface area contributed by atoms with Crippen molar-refractivity contribution in [2.45, 2.75) is 45.2 Å². The van der Waals surface area contributed by atoms with Gasteiger partial charge in [0.2, 0.25) is 0 Å². The van der Waals surface area contributed by atoms with Crippen LogP contribution in [0.1, 0.15) is 44.5 Å². The van der Waals surface area contributed by atoms with Crippen molar-refractivity contribution < 1.29 is 0 Å². The van der Waals surface area contributed by atoms with Crippen molar-refractivity contribution in [3.8, 4) is 0 Å². The molecule has 6 heteroatoms. The smallest absolute Gasteiger partial charge is 0.191 e. The standard InChI is InChI=1S/C19H35N5S/c1-6-20-18(22-15-19(2,3)23(4)5)21-14-16(17-10-9-13-25-17)24-11-7-8-12-24/h9-10,13,16H,6-8,11-12,14-15H2,1-5H3,(H2,20,21,22). The van der Waals surface area contributed by atoms with E-state index in [0.717, 1.165) is 25.6 Å². The average molecular weight is 366 g/mol. The van der Waals surface area contributed by atoms with Gasteiger partial charge >= 0.3 is 0 Å². The van der Waals surface area contributed by atoms with Gasteiger partial charge in [0.25, 0.3) is 0 Å². The molecular formula is C19H35N5S. The van der Waals surface area contributed by atoms with Crippen molar-refractivity contribution in [3.63, 3.8) is 0 Å². The van der Waals surface area contributed by atoms with Crippen molar-refractivity contribution in [2.75, 3.05) is 46.8 Å². The molecule has 0 aromatic carbocycles. The molecule has 2 rings (SSSR count). The van der Waals surface area contributed by atoms with E-state index in [0.29, 0.717) is 6.04 Å². The number of aliphatic imine (C=N–C) groups is 1. The number of thiophene rings is 1. The van der Waals surface area contributed by atoms with E-state index in [9.17, 15) is 0 Å². The molecule has 0 bridgehead atoms. The Labute approximate surface area is 157 Å². The fraction of sp³-hybridized carbons (Fsp3) is 0.737. The van der Waals surface area contributed by atoms with Crippen LogP contribution in [-0.4, -0.2) is 68.1 Å². The summed E-state index contributed by atoms with van der Waals surface area (Å²) in [4.78, 5) is 11.1. The number of hydrogen-bond donors (Lipinski definition) is 2. The predicted molar refractivity (Wildman–Crippen MR) is 110 cm³/mol. The Hall–Kier alpha value is -1.11. The van der Waals surface area contributed by atoms with E-state index in [1.54, 1.807) is 0 Å². The van der Waals surface area contributed by atoms with Crippen LogP contribution in [0.4, 0.5) is 0 Å². The van der Waals surface area contributed by atoms with Crippen LogP contribution in [0, 0.1) is 0 Å². The van der Waals surface area contributed by atoms with Crippen LogP contribution in [0.2, 0.25) is 0 Å². The van der Waals surface area contributed by atoms with Gasteiger partial charge < -0.3 is 15.5 Å². The minimum atomic E-state index is 0.0461. The Kier molecular flexibility index (Phi) is 7.72.